The van der Waals surface area contributed by atoms with Crippen LogP contribution in [0, 0.1) is 0 Å². The maximum Gasteiger partial charge on any atom is 0.0669 e. The van der Waals surface area contributed by atoms with Crippen LogP contribution in [0.1, 0.15) is 43.1 Å². The SMILES string of the molecule is CC(C)n1ccc(Cc2cccc3c2NCCC3)n1. The van der Waals surface area contributed by atoms with Gasteiger partial charge < -0.3 is 5.32 Å². The number of aryl methyl sites for hydroxylation is 1. The van der Waals surface area contributed by atoms with E-state index in [-0.39, 0.29) is 0 Å². The van der Waals surface area contributed by atoms with E-state index in [0.717, 1.165) is 18.7 Å². The molecule has 3 rings (SSSR count). The van der Waals surface area contributed by atoms with E-state index in [0.29, 0.717) is 6.04 Å². The van der Waals surface area contributed by atoms with Crippen LogP contribution in [-0.4, -0.2) is 16.3 Å². The number of benzene rings is 1. The first kappa shape index (κ1) is 12.3. The Balaban J connectivity index is 1.86. The van der Waals surface area contributed by atoms with Gasteiger partial charge in [0.15, 0.2) is 0 Å². The van der Waals surface area contributed by atoms with Gasteiger partial charge in [0.25, 0.3) is 0 Å². The van der Waals surface area contributed by atoms with Crippen molar-refractivity contribution in [1.82, 2.24) is 9.78 Å². The van der Waals surface area contributed by atoms with Crippen LogP contribution in [0.15, 0.2) is 30.5 Å². The van der Waals surface area contributed by atoms with Crippen LogP contribution in [0.4, 0.5) is 5.69 Å². The molecule has 0 radical (unpaired) electrons. The van der Waals surface area contributed by atoms with Gasteiger partial charge in [-0.25, -0.2) is 0 Å². The predicted molar refractivity (Wildman–Crippen MR) is 78.7 cm³/mol. The lowest BCUT2D eigenvalue weighted by Gasteiger charge is -2.20. The van der Waals surface area contributed by atoms with Crippen molar-refractivity contribution >= 4 is 5.69 Å². The molecule has 0 fully saturated rings. The lowest BCUT2D eigenvalue weighted by molar-refractivity contribution is 0.527. The predicted octanol–water partition coefficient (Wildman–Crippen LogP) is 3.41. The first-order valence-electron chi connectivity index (χ1n) is 7.12. The number of nitrogens with zero attached hydrogens (tertiary/aromatic N) is 2. The van der Waals surface area contributed by atoms with Gasteiger partial charge in [-0.05, 0) is 43.9 Å². The Morgan fingerprint density at radius 2 is 2.21 bits per heavy atom. The molecule has 3 heteroatoms. The topological polar surface area (TPSA) is 29.9 Å². The molecule has 1 aliphatic rings. The highest BCUT2D eigenvalue weighted by molar-refractivity contribution is 5.60. The van der Waals surface area contributed by atoms with Crippen molar-refractivity contribution in [2.45, 2.75) is 39.2 Å². The number of hydrogen-bond acceptors (Lipinski definition) is 2. The van der Waals surface area contributed by atoms with Crippen LogP contribution < -0.4 is 5.32 Å². The minimum atomic E-state index is 0.427. The van der Waals surface area contributed by atoms with Crippen molar-refractivity contribution in [1.29, 1.82) is 0 Å². The molecular weight excluding hydrogens is 234 g/mol. The molecule has 1 aromatic heterocycles. The average molecular weight is 255 g/mol. The number of anilines is 1. The second kappa shape index (κ2) is 5.08. The number of rotatable bonds is 3. The van der Waals surface area contributed by atoms with Gasteiger partial charge in [-0.1, -0.05) is 18.2 Å². The van der Waals surface area contributed by atoms with E-state index in [4.69, 9.17) is 0 Å². The van der Waals surface area contributed by atoms with Crippen molar-refractivity contribution in [2.75, 3.05) is 11.9 Å². The summed E-state index contributed by atoms with van der Waals surface area (Å²) in [5.74, 6) is 0. The second-order valence-electron chi connectivity index (χ2n) is 5.54. The van der Waals surface area contributed by atoms with Crippen molar-refractivity contribution in [3.8, 4) is 0 Å². The summed E-state index contributed by atoms with van der Waals surface area (Å²) in [7, 11) is 0. The molecule has 2 aromatic rings. The normalized spacial score (nSPS) is 14.3. The fourth-order valence-electron chi connectivity index (χ4n) is 2.68. The molecule has 0 amide bonds. The molecule has 1 aliphatic heterocycles. The van der Waals surface area contributed by atoms with Crippen molar-refractivity contribution in [3.63, 3.8) is 0 Å². The first-order valence-corrected chi connectivity index (χ1v) is 7.12. The number of para-hydroxylation sites is 1. The van der Waals surface area contributed by atoms with Crippen LogP contribution in [-0.2, 0) is 12.8 Å². The molecule has 19 heavy (non-hydrogen) atoms. The van der Waals surface area contributed by atoms with E-state index < -0.39 is 0 Å². The molecule has 0 saturated heterocycles. The first-order chi connectivity index (χ1) is 9.24. The summed E-state index contributed by atoms with van der Waals surface area (Å²) >= 11 is 0. The van der Waals surface area contributed by atoms with E-state index in [1.165, 1.54) is 29.7 Å². The smallest absolute Gasteiger partial charge is 0.0669 e. The van der Waals surface area contributed by atoms with Gasteiger partial charge in [0.05, 0.1) is 5.69 Å². The molecule has 100 valence electrons. The Bertz CT molecular complexity index is 569. The van der Waals surface area contributed by atoms with Crippen LogP contribution >= 0.6 is 0 Å². The van der Waals surface area contributed by atoms with Crippen LogP contribution in [0.3, 0.4) is 0 Å². The summed E-state index contributed by atoms with van der Waals surface area (Å²) < 4.78 is 2.03. The highest BCUT2D eigenvalue weighted by Crippen LogP contribution is 2.27. The molecule has 3 nitrogen and oxygen atoms in total. The molecule has 1 aromatic carbocycles. The van der Waals surface area contributed by atoms with Crippen LogP contribution in [0.2, 0.25) is 0 Å². The van der Waals surface area contributed by atoms with E-state index >= 15 is 0 Å². The fraction of sp³-hybridized carbons (Fsp3) is 0.438. The maximum absolute atomic E-state index is 4.64. The zero-order valence-corrected chi connectivity index (χ0v) is 11.7. The lowest BCUT2D eigenvalue weighted by atomic mass is 9.97. The average Bonchev–Trinajstić information content (AvgIpc) is 2.88. The van der Waals surface area contributed by atoms with Crippen molar-refractivity contribution in [3.05, 3.63) is 47.3 Å². The summed E-state index contributed by atoms with van der Waals surface area (Å²) in [5, 5.41) is 8.19. The molecule has 0 saturated carbocycles. The van der Waals surface area contributed by atoms with Gasteiger partial charge >= 0.3 is 0 Å². The maximum atomic E-state index is 4.64. The number of hydrogen-bond donors (Lipinski definition) is 1. The zero-order chi connectivity index (χ0) is 13.2. The second-order valence-corrected chi connectivity index (χ2v) is 5.54. The minimum Gasteiger partial charge on any atom is -0.385 e. The molecule has 0 atom stereocenters. The van der Waals surface area contributed by atoms with E-state index in [9.17, 15) is 0 Å². The summed E-state index contributed by atoms with van der Waals surface area (Å²) in [5.41, 5.74) is 5.31. The molecule has 0 aliphatic carbocycles. The Kier molecular flexibility index (Phi) is 3.28. The van der Waals surface area contributed by atoms with E-state index in [2.05, 4.69) is 54.7 Å². The zero-order valence-electron chi connectivity index (χ0n) is 11.7. The van der Waals surface area contributed by atoms with Gasteiger partial charge in [0.1, 0.15) is 0 Å². The Hall–Kier alpha value is -1.77. The molecule has 2 heterocycles. The van der Waals surface area contributed by atoms with Gasteiger partial charge in [0, 0.05) is 30.9 Å². The highest BCUT2D eigenvalue weighted by atomic mass is 15.3. The third-order valence-electron chi connectivity index (χ3n) is 3.73. The van der Waals surface area contributed by atoms with E-state index in [1.54, 1.807) is 0 Å². The number of nitrogens with one attached hydrogen (secondary N) is 1. The highest BCUT2D eigenvalue weighted by Gasteiger charge is 2.13. The Labute approximate surface area is 114 Å². The largest absolute Gasteiger partial charge is 0.385 e. The summed E-state index contributed by atoms with van der Waals surface area (Å²) in [6.45, 7) is 5.40. The molecular formula is C16H21N3. The Morgan fingerprint density at radius 3 is 3.00 bits per heavy atom. The summed E-state index contributed by atoms with van der Waals surface area (Å²) in [6.07, 6.45) is 5.41. The van der Waals surface area contributed by atoms with Crippen LogP contribution in [0.25, 0.3) is 0 Å². The Morgan fingerprint density at radius 1 is 1.32 bits per heavy atom. The standard InChI is InChI=1S/C16H21N3/c1-12(2)19-10-8-15(18-19)11-14-6-3-5-13-7-4-9-17-16(13)14/h3,5-6,8,10,12,17H,4,7,9,11H2,1-2H3. The monoisotopic (exact) mass is 255 g/mol. The van der Waals surface area contributed by atoms with Crippen LogP contribution in [0.5, 0.6) is 0 Å². The van der Waals surface area contributed by atoms with Crippen molar-refractivity contribution < 1.29 is 0 Å². The van der Waals surface area contributed by atoms with Gasteiger partial charge in [-0.2, -0.15) is 5.10 Å². The quantitative estimate of drug-likeness (QED) is 0.910. The lowest BCUT2D eigenvalue weighted by Crippen LogP contribution is -2.14. The molecule has 0 spiro atoms. The summed E-state index contributed by atoms with van der Waals surface area (Å²) in [4.78, 5) is 0. The minimum absolute atomic E-state index is 0.427. The molecule has 0 unspecified atom stereocenters. The van der Waals surface area contributed by atoms with Gasteiger partial charge in [0.2, 0.25) is 0 Å². The molecule has 0 bridgehead atoms. The third-order valence-corrected chi connectivity index (χ3v) is 3.73. The van der Waals surface area contributed by atoms with Gasteiger partial charge in [-0.3, -0.25) is 4.68 Å². The third kappa shape index (κ3) is 2.50. The fourth-order valence-corrected chi connectivity index (χ4v) is 2.68. The number of aromatic nitrogens is 2. The van der Waals surface area contributed by atoms with E-state index in [1.807, 2.05) is 4.68 Å². The van der Waals surface area contributed by atoms with Gasteiger partial charge in [-0.15, -0.1) is 0 Å². The molecule has 1 N–H and O–H groups in total. The van der Waals surface area contributed by atoms with Crippen molar-refractivity contribution in [2.24, 2.45) is 0 Å². The summed E-state index contributed by atoms with van der Waals surface area (Å²) in [6, 6.07) is 9.17. The number of fused-ring (bicyclic) bond motifs is 1.